The predicted molar refractivity (Wildman–Crippen MR) is 82.5 cm³/mol. The minimum absolute atomic E-state index is 0.569. The Balaban J connectivity index is 1.64. The first-order valence-electron chi connectivity index (χ1n) is 7.50. The summed E-state index contributed by atoms with van der Waals surface area (Å²) in [6, 6.07) is 7.90. The fourth-order valence-corrected chi connectivity index (χ4v) is 4.31. The van der Waals surface area contributed by atoms with Gasteiger partial charge in [0.05, 0.1) is 0 Å². The minimum Gasteiger partial charge on any atom is -0.486 e. The third kappa shape index (κ3) is 2.43. The van der Waals surface area contributed by atoms with E-state index < -0.39 is 6.10 Å². The highest BCUT2D eigenvalue weighted by molar-refractivity contribution is 7.12. The average Bonchev–Trinajstić information content (AvgIpc) is 2.97. The summed E-state index contributed by atoms with van der Waals surface area (Å²) in [5.74, 6) is 1.50. The van der Waals surface area contributed by atoms with Gasteiger partial charge in [-0.1, -0.05) is 6.07 Å². The quantitative estimate of drug-likeness (QED) is 0.923. The molecule has 1 unspecified atom stereocenters. The van der Waals surface area contributed by atoms with E-state index in [1.54, 1.807) is 11.3 Å². The van der Waals surface area contributed by atoms with Crippen LogP contribution in [0.3, 0.4) is 0 Å². The lowest BCUT2D eigenvalue weighted by atomic mass is 9.98. The number of rotatable bonds is 2. The van der Waals surface area contributed by atoms with Crippen LogP contribution in [0.4, 0.5) is 0 Å². The zero-order valence-corrected chi connectivity index (χ0v) is 12.6. The highest BCUT2D eigenvalue weighted by Crippen LogP contribution is 2.38. The Bertz CT molecular complexity index is 639. The monoisotopic (exact) mass is 302 g/mol. The van der Waals surface area contributed by atoms with E-state index in [4.69, 9.17) is 9.47 Å². The molecule has 1 aliphatic heterocycles. The first-order chi connectivity index (χ1) is 10.3. The Morgan fingerprint density at radius 2 is 1.81 bits per heavy atom. The van der Waals surface area contributed by atoms with E-state index in [2.05, 4.69) is 6.07 Å². The Labute approximate surface area is 128 Å². The topological polar surface area (TPSA) is 38.7 Å². The molecule has 21 heavy (non-hydrogen) atoms. The first kappa shape index (κ1) is 13.2. The van der Waals surface area contributed by atoms with Crippen LogP contribution in [0, 0.1) is 0 Å². The summed E-state index contributed by atoms with van der Waals surface area (Å²) in [7, 11) is 0. The van der Waals surface area contributed by atoms with Crippen molar-refractivity contribution in [2.24, 2.45) is 0 Å². The number of benzene rings is 1. The van der Waals surface area contributed by atoms with Gasteiger partial charge in [0.25, 0.3) is 0 Å². The van der Waals surface area contributed by atoms with Gasteiger partial charge in [-0.05, 0) is 55.0 Å². The Kier molecular flexibility index (Phi) is 3.36. The molecule has 1 aromatic carbocycles. The van der Waals surface area contributed by atoms with Gasteiger partial charge in [-0.2, -0.15) is 0 Å². The van der Waals surface area contributed by atoms with Gasteiger partial charge < -0.3 is 14.6 Å². The van der Waals surface area contributed by atoms with E-state index >= 15 is 0 Å². The Morgan fingerprint density at radius 1 is 1.00 bits per heavy atom. The van der Waals surface area contributed by atoms with Gasteiger partial charge in [0.2, 0.25) is 0 Å². The molecule has 4 rings (SSSR count). The van der Waals surface area contributed by atoms with Crippen molar-refractivity contribution in [2.75, 3.05) is 13.2 Å². The van der Waals surface area contributed by atoms with Crippen LogP contribution in [-0.4, -0.2) is 18.3 Å². The van der Waals surface area contributed by atoms with Crippen LogP contribution in [0.25, 0.3) is 0 Å². The minimum atomic E-state index is -0.573. The van der Waals surface area contributed by atoms with Crippen LogP contribution in [0.5, 0.6) is 11.5 Å². The van der Waals surface area contributed by atoms with E-state index in [1.165, 1.54) is 23.3 Å². The summed E-state index contributed by atoms with van der Waals surface area (Å²) < 4.78 is 11.1. The van der Waals surface area contributed by atoms with E-state index in [0.29, 0.717) is 13.2 Å². The Hall–Kier alpha value is -1.52. The molecule has 2 aliphatic rings. The van der Waals surface area contributed by atoms with Gasteiger partial charge in [-0.25, -0.2) is 0 Å². The van der Waals surface area contributed by atoms with Crippen LogP contribution in [0.2, 0.25) is 0 Å². The van der Waals surface area contributed by atoms with Crippen LogP contribution >= 0.6 is 11.3 Å². The first-order valence-corrected chi connectivity index (χ1v) is 8.32. The van der Waals surface area contributed by atoms with E-state index in [1.807, 2.05) is 18.2 Å². The van der Waals surface area contributed by atoms with Crippen LogP contribution in [0.15, 0.2) is 24.3 Å². The lowest BCUT2D eigenvalue weighted by Crippen LogP contribution is -2.15. The third-order valence-electron chi connectivity index (χ3n) is 4.17. The van der Waals surface area contributed by atoms with E-state index in [9.17, 15) is 5.11 Å². The van der Waals surface area contributed by atoms with Crippen molar-refractivity contribution in [1.29, 1.82) is 0 Å². The molecule has 4 heteroatoms. The van der Waals surface area contributed by atoms with Gasteiger partial charge in [0, 0.05) is 9.75 Å². The normalized spacial score (nSPS) is 18.1. The summed E-state index contributed by atoms with van der Waals surface area (Å²) in [6.45, 7) is 1.16. The summed E-state index contributed by atoms with van der Waals surface area (Å²) in [5.41, 5.74) is 2.30. The molecule has 1 aromatic heterocycles. The molecule has 0 saturated heterocycles. The number of ether oxygens (including phenoxy) is 2. The van der Waals surface area contributed by atoms with Crippen molar-refractivity contribution < 1.29 is 14.6 Å². The molecule has 0 fully saturated rings. The molecule has 0 radical (unpaired) electrons. The smallest absolute Gasteiger partial charge is 0.161 e. The largest absolute Gasteiger partial charge is 0.486 e. The molecule has 2 aromatic rings. The van der Waals surface area contributed by atoms with E-state index in [-0.39, 0.29) is 0 Å². The van der Waals surface area contributed by atoms with Gasteiger partial charge in [0.1, 0.15) is 19.3 Å². The summed E-state index contributed by atoms with van der Waals surface area (Å²) in [4.78, 5) is 2.49. The van der Waals surface area contributed by atoms with Crippen molar-refractivity contribution >= 4 is 11.3 Å². The lowest BCUT2D eigenvalue weighted by molar-refractivity contribution is 0.170. The maximum Gasteiger partial charge on any atom is 0.161 e. The second-order valence-corrected chi connectivity index (χ2v) is 6.78. The maximum atomic E-state index is 10.7. The van der Waals surface area contributed by atoms with Crippen molar-refractivity contribution in [3.63, 3.8) is 0 Å². The Morgan fingerprint density at radius 3 is 2.67 bits per heavy atom. The number of aliphatic hydroxyl groups excluding tert-OH is 1. The summed E-state index contributed by atoms with van der Waals surface area (Å²) in [5, 5.41) is 10.7. The SMILES string of the molecule is OC(c1ccc2c(c1)OCCO2)c1cc2c(s1)CCCC2. The van der Waals surface area contributed by atoms with Crippen molar-refractivity contribution in [2.45, 2.75) is 31.8 Å². The summed E-state index contributed by atoms with van der Waals surface area (Å²) in [6.07, 6.45) is 4.28. The number of hydrogen-bond donors (Lipinski definition) is 1. The second-order valence-electron chi connectivity index (χ2n) is 5.61. The molecule has 1 atom stereocenters. The number of thiophene rings is 1. The fraction of sp³-hybridized carbons (Fsp3) is 0.412. The second kappa shape index (κ2) is 5.35. The average molecular weight is 302 g/mol. The van der Waals surface area contributed by atoms with Crippen molar-refractivity contribution in [1.82, 2.24) is 0 Å². The molecule has 1 aliphatic carbocycles. The molecule has 3 nitrogen and oxygen atoms in total. The summed E-state index contributed by atoms with van der Waals surface area (Å²) >= 11 is 1.75. The van der Waals surface area contributed by atoms with Gasteiger partial charge in [-0.3, -0.25) is 0 Å². The zero-order chi connectivity index (χ0) is 14.2. The number of hydrogen-bond acceptors (Lipinski definition) is 4. The fourth-order valence-electron chi connectivity index (χ4n) is 3.04. The van der Waals surface area contributed by atoms with Crippen LogP contribution in [0.1, 0.15) is 39.8 Å². The number of fused-ring (bicyclic) bond motifs is 2. The maximum absolute atomic E-state index is 10.7. The highest BCUT2D eigenvalue weighted by Gasteiger charge is 2.21. The number of aryl methyl sites for hydroxylation is 2. The van der Waals surface area contributed by atoms with Crippen molar-refractivity contribution in [3.05, 3.63) is 45.1 Å². The molecule has 0 spiro atoms. The lowest BCUT2D eigenvalue weighted by Gasteiger charge is -2.20. The molecule has 1 N–H and O–H groups in total. The number of aliphatic hydroxyl groups is 1. The molecule has 110 valence electrons. The molecule has 0 amide bonds. The van der Waals surface area contributed by atoms with Crippen molar-refractivity contribution in [3.8, 4) is 11.5 Å². The molecule has 2 heterocycles. The van der Waals surface area contributed by atoms with Gasteiger partial charge in [-0.15, -0.1) is 11.3 Å². The van der Waals surface area contributed by atoms with Crippen LogP contribution in [-0.2, 0) is 12.8 Å². The standard InChI is InChI=1S/C17H18O3S/c18-17(16-10-11-3-1-2-4-15(11)21-16)12-5-6-13-14(9-12)20-8-7-19-13/h5-6,9-10,17-18H,1-4,7-8H2. The van der Waals surface area contributed by atoms with Gasteiger partial charge >= 0.3 is 0 Å². The predicted octanol–water partition coefficient (Wildman–Crippen LogP) is 3.48. The molecular formula is C17H18O3S. The van der Waals surface area contributed by atoms with Crippen LogP contribution < -0.4 is 9.47 Å². The molecule has 0 bridgehead atoms. The third-order valence-corrected chi connectivity index (χ3v) is 5.46. The highest BCUT2D eigenvalue weighted by atomic mass is 32.1. The van der Waals surface area contributed by atoms with Gasteiger partial charge in [0.15, 0.2) is 11.5 Å². The van der Waals surface area contributed by atoms with E-state index in [0.717, 1.165) is 34.8 Å². The molecule has 0 saturated carbocycles. The zero-order valence-electron chi connectivity index (χ0n) is 11.8. The molecular weight excluding hydrogens is 284 g/mol.